The van der Waals surface area contributed by atoms with E-state index in [1.165, 1.54) is 0 Å². The number of phenolic OH excluding ortho intramolecular Hbond substituents is 1. The van der Waals surface area contributed by atoms with Crippen molar-refractivity contribution in [1.29, 1.82) is 0 Å². The lowest BCUT2D eigenvalue weighted by molar-refractivity contribution is 0.111. The summed E-state index contributed by atoms with van der Waals surface area (Å²) in [7, 11) is 0. The smallest absolute Gasteiger partial charge is 0.154 e. The molecule has 1 aliphatic carbocycles. The first-order chi connectivity index (χ1) is 8.09. The topological polar surface area (TPSA) is 46.5 Å². The van der Waals surface area contributed by atoms with Crippen molar-refractivity contribution < 1.29 is 14.6 Å². The van der Waals surface area contributed by atoms with E-state index in [0.29, 0.717) is 23.7 Å². The Kier molecular flexibility index (Phi) is 2.03. The average molecular weight is 232 g/mol. The Balaban J connectivity index is 2.27. The van der Waals surface area contributed by atoms with E-state index in [1.54, 1.807) is 6.07 Å². The molecule has 3 heteroatoms. The number of carbonyl (C=O) groups excluding carboxylic acids is 1. The number of rotatable bonds is 2. The Bertz CT molecular complexity index is 499. The van der Waals surface area contributed by atoms with E-state index in [-0.39, 0.29) is 11.3 Å². The van der Waals surface area contributed by atoms with Crippen LogP contribution in [0.25, 0.3) is 0 Å². The summed E-state index contributed by atoms with van der Waals surface area (Å²) in [6.45, 7) is 4.63. The van der Waals surface area contributed by atoms with Crippen molar-refractivity contribution in [3.8, 4) is 11.5 Å². The van der Waals surface area contributed by atoms with Gasteiger partial charge in [-0.05, 0) is 30.4 Å². The Hall–Kier alpha value is -1.51. The van der Waals surface area contributed by atoms with Crippen LogP contribution < -0.4 is 4.74 Å². The third kappa shape index (κ3) is 1.31. The van der Waals surface area contributed by atoms with Crippen LogP contribution in [0.15, 0.2) is 6.07 Å². The van der Waals surface area contributed by atoms with Crippen molar-refractivity contribution >= 4 is 6.29 Å². The van der Waals surface area contributed by atoms with Crippen LogP contribution in [0.3, 0.4) is 0 Å². The molecule has 0 aromatic heterocycles. The molecule has 0 radical (unpaired) electrons. The van der Waals surface area contributed by atoms with Crippen molar-refractivity contribution in [2.75, 3.05) is 6.61 Å². The molecular weight excluding hydrogens is 216 g/mol. The van der Waals surface area contributed by atoms with Gasteiger partial charge in [0.25, 0.3) is 0 Å². The molecule has 3 nitrogen and oxygen atoms in total. The Morgan fingerprint density at radius 2 is 2.18 bits per heavy atom. The average Bonchev–Trinajstić information content (AvgIpc) is 2.94. The maximum atomic E-state index is 11.3. The molecule has 2 aliphatic rings. The predicted molar refractivity (Wildman–Crippen MR) is 64.0 cm³/mol. The highest BCUT2D eigenvalue weighted by Gasteiger charge is 2.53. The fourth-order valence-corrected chi connectivity index (χ4v) is 2.77. The van der Waals surface area contributed by atoms with Gasteiger partial charge in [0.2, 0.25) is 0 Å². The van der Waals surface area contributed by atoms with Crippen molar-refractivity contribution in [3.63, 3.8) is 0 Å². The van der Waals surface area contributed by atoms with Gasteiger partial charge in [-0.25, -0.2) is 0 Å². The molecule has 1 spiro atoms. The highest BCUT2D eigenvalue weighted by atomic mass is 16.5. The minimum atomic E-state index is 0.00663. The lowest BCUT2D eigenvalue weighted by Gasteiger charge is -2.14. The van der Waals surface area contributed by atoms with Gasteiger partial charge in [-0.3, -0.25) is 4.79 Å². The van der Waals surface area contributed by atoms with Gasteiger partial charge in [-0.2, -0.15) is 0 Å². The number of phenols is 1. The van der Waals surface area contributed by atoms with E-state index >= 15 is 0 Å². The fraction of sp³-hybridized carbons (Fsp3) is 0.500. The van der Waals surface area contributed by atoms with Crippen molar-refractivity contribution in [1.82, 2.24) is 0 Å². The maximum Gasteiger partial charge on any atom is 0.154 e. The van der Waals surface area contributed by atoms with E-state index in [9.17, 15) is 9.90 Å². The Morgan fingerprint density at radius 1 is 1.47 bits per heavy atom. The number of aldehydes is 1. The zero-order chi connectivity index (χ0) is 12.2. The minimum Gasteiger partial charge on any atom is -0.507 e. The highest BCUT2D eigenvalue weighted by molar-refractivity contribution is 5.85. The number of hydrogen-bond donors (Lipinski definition) is 1. The van der Waals surface area contributed by atoms with Crippen LogP contribution in [0.4, 0.5) is 0 Å². The molecule has 90 valence electrons. The molecular formula is C14H16O3. The van der Waals surface area contributed by atoms with Crippen molar-refractivity contribution in [2.45, 2.75) is 38.0 Å². The molecule has 1 aliphatic heterocycles. The van der Waals surface area contributed by atoms with Gasteiger partial charge in [0, 0.05) is 11.0 Å². The molecule has 3 rings (SSSR count). The van der Waals surface area contributed by atoms with Gasteiger partial charge in [0.05, 0.1) is 12.2 Å². The number of hydrogen-bond acceptors (Lipinski definition) is 3. The Labute approximate surface area is 100 Å². The summed E-state index contributed by atoms with van der Waals surface area (Å²) in [5, 5.41) is 10.2. The zero-order valence-corrected chi connectivity index (χ0v) is 10.1. The molecule has 0 atom stereocenters. The van der Waals surface area contributed by atoms with E-state index in [2.05, 4.69) is 0 Å². The first-order valence-electron chi connectivity index (χ1n) is 6.07. The standard InChI is InChI=1S/C14H16O3/c1-8(2)9-5-11(16)12-13(10(9)6-15)17-7-14(12)3-4-14/h5-6,8,16H,3-4,7H2,1-2H3. The lowest BCUT2D eigenvalue weighted by Crippen LogP contribution is -2.07. The van der Waals surface area contributed by atoms with Gasteiger partial charge < -0.3 is 9.84 Å². The second-order valence-corrected chi connectivity index (χ2v) is 5.44. The van der Waals surface area contributed by atoms with Crippen LogP contribution in [0, 0.1) is 0 Å². The van der Waals surface area contributed by atoms with Crippen LogP contribution in [-0.4, -0.2) is 18.0 Å². The van der Waals surface area contributed by atoms with Crippen molar-refractivity contribution in [2.24, 2.45) is 0 Å². The third-order valence-electron chi connectivity index (χ3n) is 3.95. The molecule has 0 saturated heterocycles. The van der Waals surface area contributed by atoms with Crippen LogP contribution in [0.2, 0.25) is 0 Å². The summed E-state index contributed by atoms with van der Waals surface area (Å²) in [5.41, 5.74) is 2.36. The van der Waals surface area contributed by atoms with E-state index in [0.717, 1.165) is 30.3 Å². The summed E-state index contributed by atoms with van der Waals surface area (Å²) in [4.78, 5) is 11.3. The van der Waals surface area contributed by atoms with Gasteiger partial charge in [0.15, 0.2) is 6.29 Å². The third-order valence-corrected chi connectivity index (χ3v) is 3.95. The monoisotopic (exact) mass is 232 g/mol. The fourth-order valence-electron chi connectivity index (χ4n) is 2.77. The predicted octanol–water partition coefficient (Wildman–Crippen LogP) is 2.75. The molecule has 17 heavy (non-hydrogen) atoms. The lowest BCUT2D eigenvalue weighted by atomic mass is 9.89. The summed E-state index contributed by atoms with van der Waals surface area (Å²) in [6, 6.07) is 1.74. The summed E-state index contributed by atoms with van der Waals surface area (Å²) in [5.74, 6) is 1.12. The molecule has 1 heterocycles. The number of benzene rings is 1. The second kappa shape index (κ2) is 3.25. The van der Waals surface area contributed by atoms with Crippen LogP contribution in [0.1, 0.15) is 54.1 Å². The summed E-state index contributed by atoms with van der Waals surface area (Å²) in [6.07, 6.45) is 2.95. The number of carbonyl (C=O) groups is 1. The van der Waals surface area contributed by atoms with Crippen LogP contribution in [0.5, 0.6) is 11.5 Å². The largest absolute Gasteiger partial charge is 0.507 e. The number of fused-ring (bicyclic) bond motifs is 2. The summed E-state index contributed by atoms with van der Waals surface area (Å²) >= 11 is 0. The Morgan fingerprint density at radius 3 is 2.71 bits per heavy atom. The van der Waals surface area contributed by atoms with Gasteiger partial charge >= 0.3 is 0 Å². The van der Waals surface area contributed by atoms with Gasteiger partial charge in [0.1, 0.15) is 11.5 Å². The molecule has 0 amide bonds. The number of aromatic hydroxyl groups is 1. The van der Waals surface area contributed by atoms with Gasteiger partial charge in [-0.15, -0.1) is 0 Å². The first kappa shape index (κ1) is 10.6. The van der Waals surface area contributed by atoms with Crippen LogP contribution >= 0.6 is 0 Å². The summed E-state index contributed by atoms with van der Waals surface area (Å²) < 4.78 is 5.68. The van der Waals surface area contributed by atoms with Crippen molar-refractivity contribution in [3.05, 3.63) is 22.8 Å². The first-order valence-corrected chi connectivity index (χ1v) is 6.07. The SMILES string of the molecule is CC(C)c1cc(O)c2c(c1C=O)OCC21CC1. The molecule has 1 saturated carbocycles. The number of ether oxygens (including phenoxy) is 1. The van der Waals surface area contributed by atoms with Gasteiger partial charge in [-0.1, -0.05) is 13.8 Å². The molecule has 1 aromatic rings. The second-order valence-electron chi connectivity index (χ2n) is 5.44. The molecule has 0 unspecified atom stereocenters. The molecule has 1 N–H and O–H groups in total. The van der Waals surface area contributed by atoms with Crippen LogP contribution in [-0.2, 0) is 5.41 Å². The minimum absolute atomic E-state index is 0.00663. The molecule has 1 aromatic carbocycles. The molecule has 1 fully saturated rings. The normalized spacial score (nSPS) is 19.2. The van der Waals surface area contributed by atoms with E-state index < -0.39 is 0 Å². The quantitative estimate of drug-likeness (QED) is 0.797. The van der Waals surface area contributed by atoms with E-state index in [4.69, 9.17) is 4.74 Å². The zero-order valence-electron chi connectivity index (χ0n) is 10.1. The maximum absolute atomic E-state index is 11.3. The molecule has 0 bridgehead atoms. The highest BCUT2D eigenvalue weighted by Crippen LogP contribution is 2.59. The van der Waals surface area contributed by atoms with E-state index in [1.807, 2.05) is 13.8 Å².